The largest absolute Gasteiger partial charge is 2.00 e. The van der Waals surface area contributed by atoms with Crippen LogP contribution >= 0.6 is 0 Å². The fourth-order valence-corrected chi connectivity index (χ4v) is 0. The summed E-state index contributed by atoms with van der Waals surface area (Å²) in [7, 11) is 0. The Kier molecular flexibility index (Phi) is 306. The average molecular weight is 312 g/mol. The fourth-order valence-electron chi connectivity index (χ4n) is 0. The van der Waals surface area contributed by atoms with Gasteiger partial charge in [-0.05, 0) is 0 Å². The maximum absolute atomic E-state index is 0. The predicted octanol–water partition coefficient (Wildman–Crippen LogP) is -1.35. The van der Waals surface area contributed by atoms with E-state index < -0.39 is 0 Å². The topological polar surface area (TPSA) is 0 Å². The molecule has 2 radical (unpaired) electrons. The molecule has 0 saturated carbocycles. The standard InChI is InChI=1S/Al.Ca.Cu.Fe.Mn.Zn.5H/q;+2;;;;;;;;2*-1. The molecule has 0 aliphatic rings. The van der Waals surface area contributed by atoms with Crippen molar-refractivity contribution in [1.82, 2.24) is 0 Å². The summed E-state index contributed by atoms with van der Waals surface area (Å²) in [5.41, 5.74) is 0. The second-order valence-corrected chi connectivity index (χ2v) is 0. The molecule has 0 rings (SSSR count). The van der Waals surface area contributed by atoms with Gasteiger partial charge < -0.3 is 2.85 Å². The fraction of sp³-hybridized carbons (Fsp3) is 0. The monoisotopic (exact) mass is 310 g/mol. The van der Waals surface area contributed by atoms with Gasteiger partial charge in [0.25, 0.3) is 0 Å². The van der Waals surface area contributed by atoms with Gasteiger partial charge in [0.15, 0.2) is 17.4 Å². The third-order valence-electron chi connectivity index (χ3n) is 0. The second kappa shape index (κ2) is 36.1. The Morgan fingerprint density at radius 3 is 1.17 bits per heavy atom. The van der Waals surface area contributed by atoms with Crippen LogP contribution in [0.25, 0.3) is 0 Å². The summed E-state index contributed by atoms with van der Waals surface area (Å²) in [4.78, 5) is 0. The van der Waals surface area contributed by atoms with Gasteiger partial charge in [0.05, 0.1) is 0 Å². The molecule has 6 heavy (non-hydrogen) atoms. The van der Waals surface area contributed by atoms with Crippen LogP contribution in [-0.4, -0.2) is 55.1 Å². The smallest absolute Gasteiger partial charge is 1.00 e. The summed E-state index contributed by atoms with van der Waals surface area (Å²) in [5.74, 6) is 0. The normalized spacial score (nSPS) is 0. The van der Waals surface area contributed by atoms with Crippen molar-refractivity contribution in [3.63, 3.8) is 0 Å². The molecule has 0 amide bonds. The molecule has 0 atom stereocenters. The van der Waals surface area contributed by atoms with Crippen molar-refractivity contribution in [2.45, 2.75) is 0 Å². The summed E-state index contributed by atoms with van der Waals surface area (Å²) in [6.45, 7) is 0. The summed E-state index contributed by atoms with van der Waals surface area (Å²) < 4.78 is 0. The molecule has 0 saturated heterocycles. The molecule has 0 spiro atoms. The zero-order valence-corrected chi connectivity index (χ0v) is 10.8. The van der Waals surface area contributed by atoms with E-state index in [4.69, 9.17) is 0 Å². The molecule has 0 N–H and O–H groups in total. The molecule has 0 aromatic heterocycles. The summed E-state index contributed by atoms with van der Waals surface area (Å²) in [5, 5.41) is 0. The van der Waals surface area contributed by atoms with Gasteiger partial charge in [-0.2, -0.15) is 0 Å². The van der Waals surface area contributed by atoms with Crippen LogP contribution in [0.4, 0.5) is 0 Å². The van der Waals surface area contributed by atoms with Crippen LogP contribution < -0.4 is 0 Å². The first-order chi connectivity index (χ1) is 0. The Hall–Kier alpha value is 3.97. The van der Waals surface area contributed by atoms with Gasteiger partial charge in [-0.25, -0.2) is 0 Å². The third-order valence-corrected chi connectivity index (χ3v) is 0. The molecule has 0 nitrogen and oxygen atoms in total. The zero-order valence-electron chi connectivity index (χ0n) is 4.45. The molecule has 0 aliphatic carbocycles. The quantitative estimate of drug-likeness (QED) is 0.485. The van der Waals surface area contributed by atoms with Gasteiger partial charge >= 0.3 is 37.7 Å². The SMILES string of the molecule is [AlH3].[Ca+2].[Cu].[Fe].[H-].[H-].[Mn].[Zn]. The Morgan fingerprint density at radius 1 is 1.17 bits per heavy atom. The Balaban J connectivity index is 0. The van der Waals surface area contributed by atoms with Crippen LogP contribution in [0.3, 0.4) is 0 Å². The van der Waals surface area contributed by atoms with Gasteiger partial charge in [-0.3, -0.25) is 0 Å². The van der Waals surface area contributed by atoms with Crippen molar-refractivity contribution in [3.8, 4) is 0 Å². The zero-order chi connectivity index (χ0) is 0. The number of hydrogen-bond donors (Lipinski definition) is 0. The van der Waals surface area contributed by atoms with Crippen LogP contribution in [0.15, 0.2) is 0 Å². The Labute approximate surface area is 126 Å². The first kappa shape index (κ1) is 50.9. The van der Waals surface area contributed by atoms with Crippen LogP contribution in [-0.2, 0) is 70.7 Å². The molecular weight excluding hydrogens is 307 g/mol. The van der Waals surface area contributed by atoms with E-state index in [-0.39, 0.29) is 129 Å². The molecule has 0 unspecified atom stereocenters. The van der Waals surface area contributed by atoms with Gasteiger partial charge in [0.1, 0.15) is 0 Å². The van der Waals surface area contributed by atoms with E-state index >= 15 is 0 Å². The average Bonchev–Trinajstić information content (AvgIpc) is 0. The van der Waals surface area contributed by atoms with Crippen LogP contribution in [0.1, 0.15) is 2.85 Å². The third kappa shape index (κ3) is 24.6. The minimum absolute atomic E-state index is 0. The van der Waals surface area contributed by atoms with Crippen molar-refractivity contribution >= 4 is 55.1 Å². The van der Waals surface area contributed by atoms with Crippen molar-refractivity contribution in [3.05, 3.63) is 0 Å². The Morgan fingerprint density at radius 2 is 1.17 bits per heavy atom. The Bertz CT molecular complexity index is 22.0. The van der Waals surface area contributed by atoms with Gasteiger partial charge in [-0.1, -0.05) is 0 Å². The summed E-state index contributed by atoms with van der Waals surface area (Å²) in [6, 6.07) is 0. The van der Waals surface area contributed by atoms with E-state index in [1.807, 2.05) is 0 Å². The maximum atomic E-state index is 0. The van der Waals surface area contributed by atoms with Gasteiger partial charge in [-0.15, -0.1) is 0 Å². The predicted molar refractivity (Wildman–Crippen MR) is 17.9 cm³/mol. The molecule has 0 heterocycles. The molecular formula is H5AlCaCuFeMnZn. The molecule has 0 aliphatic heterocycles. The first-order valence-electron chi connectivity index (χ1n) is 0. The van der Waals surface area contributed by atoms with E-state index in [0.717, 1.165) is 0 Å². The number of rotatable bonds is 0. The molecule has 0 bridgehead atoms. The van der Waals surface area contributed by atoms with Crippen LogP contribution in [0.5, 0.6) is 0 Å². The molecule has 38 valence electrons. The molecule has 0 aromatic rings. The minimum atomic E-state index is 0. The summed E-state index contributed by atoms with van der Waals surface area (Å²) >= 11 is 0. The van der Waals surface area contributed by atoms with Crippen molar-refractivity contribution in [1.29, 1.82) is 0 Å². The second-order valence-electron chi connectivity index (χ2n) is 0. The van der Waals surface area contributed by atoms with E-state index in [2.05, 4.69) is 0 Å². The van der Waals surface area contributed by atoms with E-state index in [1.165, 1.54) is 0 Å². The van der Waals surface area contributed by atoms with Gasteiger partial charge in [0.2, 0.25) is 0 Å². The first-order valence-corrected chi connectivity index (χ1v) is 0. The molecule has 6 heteroatoms. The van der Waals surface area contributed by atoms with Crippen molar-refractivity contribution < 1.29 is 73.5 Å². The minimum Gasteiger partial charge on any atom is -1.00 e. The van der Waals surface area contributed by atoms with E-state index in [0.29, 0.717) is 0 Å². The van der Waals surface area contributed by atoms with E-state index in [1.54, 1.807) is 0 Å². The maximum Gasteiger partial charge on any atom is 2.00 e. The number of hydrogen-bond acceptors (Lipinski definition) is 0. The van der Waals surface area contributed by atoms with Crippen molar-refractivity contribution in [2.75, 3.05) is 0 Å². The van der Waals surface area contributed by atoms with E-state index in [9.17, 15) is 0 Å². The van der Waals surface area contributed by atoms with Crippen LogP contribution in [0.2, 0.25) is 0 Å². The molecule has 0 fully saturated rings. The van der Waals surface area contributed by atoms with Gasteiger partial charge in [0, 0.05) is 70.7 Å². The van der Waals surface area contributed by atoms with Crippen LogP contribution in [0, 0.1) is 0 Å². The summed E-state index contributed by atoms with van der Waals surface area (Å²) in [6.07, 6.45) is 0. The molecule has 0 aromatic carbocycles. The van der Waals surface area contributed by atoms with Crippen molar-refractivity contribution in [2.24, 2.45) is 0 Å².